The van der Waals surface area contributed by atoms with E-state index < -0.39 is 0 Å². The van der Waals surface area contributed by atoms with Crippen molar-refractivity contribution < 1.29 is 9.47 Å². The summed E-state index contributed by atoms with van der Waals surface area (Å²) in [5.41, 5.74) is 6.84. The summed E-state index contributed by atoms with van der Waals surface area (Å²) in [7, 11) is 1.61. The highest BCUT2D eigenvalue weighted by molar-refractivity contribution is 9.10. The molecule has 106 valence electrons. The molecule has 3 nitrogen and oxygen atoms in total. The molecule has 0 aliphatic heterocycles. The molecule has 0 saturated heterocycles. The smallest absolute Gasteiger partial charge is 0.141 e. The fourth-order valence-electron chi connectivity index (χ4n) is 1.92. The van der Waals surface area contributed by atoms with Gasteiger partial charge in [0.25, 0.3) is 0 Å². The van der Waals surface area contributed by atoms with Crippen molar-refractivity contribution in [3.63, 3.8) is 0 Å². The van der Waals surface area contributed by atoms with Crippen molar-refractivity contribution in [1.29, 1.82) is 0 Å². The van der Waals surface area contributed by atoms with Crippen LogP contribution in [0.5, 0.6) is 17.2 Å². The van der Waals surface area contributed by atoms with Gasteiger partial charge in [-0.15, -0.1) is 0 Å². The first-order valence-electron chi connectivity index (χ1n) is 6.08. The molecule has 0 amide bonds. The minimum atomic E-state index is -0.202. The SMILES string of the molecule is COc1cccc(Oc2ccc(Cl)cc2Br)c1[C@H](C)N. The number of rotatable bonds is 4. The lowest BCUT2D eigenvalue weighted by molar-refractivity contribution is 0.397. The maximum Gasteiger partial charge on any atom is 0.141 e. The molecule has 0 radical (unpaired) electrons. The number of hydrogen-bond acceptors (Lipinski definition) is 3. The third kappa shape index (κ3) is 3.26. The maximum atomic E-state index is 6.01. The van der Waals surface area contributed by atoms with Crippen LogP contribution in [0.1, 0.15) is 18.5 Å². The van der Waals surface area contributed by atoms with Gasteiger partial charge in [0.1, 0.15) is 17.2 Å². The standard InChI is InChI=1S/C15H15BrClNO2/c1-9(18)15-13(19-2)4-3-5-14(15)20-12-7-6-10(17)8-11(12)16/h3-9H,18H2,1-2H3/t9-/m0/s1. The van der Waals surface area contributed by atoms with E-state index in [0.29, 0.717) is 22.3 Å². The van der Waals surface area contributed by atoms with Gasteiger partial charge < -0.3 is 15.2 Å². The first-order valence-corrected chi connectivity index (χ1v) is 7.25. The van der Waals surface area contributed by atoms with Crippen molar-refractivity contribution >= 4 is 27.5 Å². The molecule has 0 heterocycles. The number of nitrogens with two attached hydrogens (primary N) is 1. The summed E-state index contributed by atoms with van der Waals surface area (Å²) in [4.78, 5) is 0. The molecule has 0 unspecified atom stereocenters. The average molecular weight is 357 g/mol. The van der Waals surface area contributed by atoms with E-state index in [2.05, 4.69) is 15.9 Å². The Labute approximate surface area is 131 Å². The van der Waals surface area contributed by atoms with E-state index in [1.807, 2.05) is 25.1 Å². The molecular formula is C15H15BrClNO2. The Morgan fingerprint density at radius 3 is 2.45 bits per heavy atom. The molecular weight excluding hydrogens is 342 g/mol. The second-order valence-corrected chi connectivity index (χ2v) is 5.63. The van der Waals surface area contributed by atoms with Crippen molar-refractivity contribution in [2.24, 2.45) is 5.73 Å². The Hall–Kier alpha value is -1.23. The molecule has 0 aliphatic rings. The van der Waals surface area contributed by atoms with E-state index >= 15 is 0 Å². The molecule has 1 atom stereocenters. The van der Waals surface area contributed by atoms with Gasteiger partial charge >= 0.3 is 0 Å². The summed E-state index contributed by atoms with van der Waals surface area (Å²) in [5.74, 6) is 2.05. The zero-order chi connectivity index (χ0) is 14.7. The molecule has 0 spiro atoms. The van der Waals surface area contributed by atoms with Crippen molar-refractivity contribution in [2.75, 3.05) is 7.11 Å². The predicted octanol–water partition coefficient (Wildman–Crippen LogP) is 4.92. The minimum absolute atomic E-state index is 0.202. The zero-order valence-corrected chi connectivity index (χ0v) is 13.5. The lowest BCUT2D eigenvalue weighted by atomic mass is 10.1. The summed E-state index contributed by atoms with van der Waals surface area (Å²) in [6.07, 6.45) is 0. The van der Waals surface area contributed by atoms with Crippen molar-refractivity contribution in [1.82, 2.24) is 0 Å². The number of ether oxygens (including phenoxy) is 2. The summed E-state index contributed by atoms with van der Waals surface area (Å²) >= 11 is 9.35. The van der Waals surface area contributed by atoms with Gasteiger partial charge in [0, 0.05) is 11.1 Å². The number of benzene rings is 2. The van der Waals surface area contributed by atoms with Crippen molar-refractivity contribution in [2.45, 2.75) is 13.0 Å². The summed E-state index contributed by atoms with van der Waals surface area (Å²) < 4.78 is 12.1. The van der Waals surface area contributed by atoms with E-state index in [9.17, 15) is 0 Å². The van der Waals surface area contributed by atoms with Gasteiger partial charge in [-0.25, -0.2) is 0 Å². The Kier molecular flexibility index (Phi) is 4.91. The highest BCUT2D eigenvalue weighted by Crippen LogP contribution is 2.38. The van der Waals surface area contributed by atoms with Crippen LogP contribution in [0.3, 0.4) is 0 Å². The maximum absolute atomic E-state index is 6.01. The van der Waals surface area contributed by atoms with Gasteiger partial charge in [-0.05, 0) is 53.2 Å². The average Bonchev–Trinajstić information content (AvgIpc) is 2.41. The highest BCUT2D eigenvalue weighted by Gasteiger charge is 2.15. The molecule has 2 N–H and O–H groups in total. The van der Waals surface area contributed by atoms with E-state index in [1.165, 1.54) is 0 Å². The van der Waals surface area contributed by atoms with Crippen LogP contribution in [0.4, 0.5) is 0 Å². The predicted molar refractivity (Wildman–Crippen MR) is 84.8 cm³/mol. The molecule has 0 aromatic heterocycles. The Morgan fingerprint density at radius 1 is 1.15 bits per heavy atom. The quantitative estimate of drug-likeness (QED) is 0.845. The second-order valence-electron chi connectivity index (χ2n) is 4.34. The lowest BCUT2D eigenvalue weighted by Crippen LogP contribution is -2.08. The second kappa shape index (κ2) is 6.48. The molecule has 20 heavy (non-hydrogen) atoms. The van der Waals surface area contributed by atoms with Crippen LogP contribution in [0, 0.1) is 0 Å². The highest BCUT2D eigenvalue weighted by atomic mass is 79.9. The van der Waals surface area contributed by atoms with Crippen molar-refractivity contribution in [3.05, 3.63) is 51.5 Å². The van der Waals surface area contributed by atoms with E-state index in [0.717, 1.165) is 10.0 Å². The Balaban J connectivity index is 2.43. The Bertz CT molecular complexity index is 617. The first-order chi connectivity index (χ1) is 9.52. The fraction of sp³-hybridized carbons (Fsp3) is 0.200. The molecule has 2 aromatic rings. The van der Waals surface area contributed by atoms with Gasteiger partial charge in [0.2, 0.25) is 0 Å². The monoisotopic (exact) mass is 355 g/mol. The molecule has 2 aromatic carbocycles. The molecule has 2 rings (SSSR count). The van der Waals surface area contributed by atoms with Crippen LogP contribution in [0.25, 0.3) is 0 Å². The summed E-state index contributed by atoms with van der Waals surface area (Å²) in [5, 5.41) is 0.641. The van der Waals surface area contributed by atoms with E-state index in [1.54, 1.807) is 25.3 Å². The van der Waals surface area contributed by atoms with Crippen molar-refractivity contribution in [3.8, 4) is 17.2 Å². The minimum Gasteiger partial charge on any atom is -0.496 e. The molecule has 0 saturated carbocycles. The lowest BCUT2D eigenvalue weighted by Gasteiger charge is -2.17. The van der Waals surface area contributed by atoms with Crippen LogP contribution < -0.4 is 15.2 Å². The topological polar surface area (TPSA) is 44.5 Å². The van der Waals surface area contributed by atoms with Crippen LogP contribution in [-0.4, -0.2) is 7.11 Å². The van der Waals surface area contributed by atoms with Gasteiger partial charge in [-0.2, -0.15) is 0 Å². The molecule has 0 fully saturated rings. The Morgan fingerprint density at radius 2 is 1.85 bits per heavy atom. The normalized spacial score (nSPS) is 12.1. The van der Waals surface area contributed by atoms with Crippen LogP contribution in [-0.2, 0) is 0 Å². The number of hydrogen-bond donors (Lipinski definition) is 1. The largest absolute Gasteiger partial charge is 0.496 e. The van der Waals surface area contributed by atoms with E-state index in [4.69, 9.17) is 26.8 Å². The van der Waals surface area contributed by atoms with Crippen LogP contribution in [0.15, 0.2) is 40.9 Å². The van der Waals surface area contributed by atoms with Crippen LogP contribution >= 0.6 is 27.5 Å². The number of halogens is 2. The van der Waals surface area contributed by atoms with Gasteiger partial charge in [0.15, 0.2) is 0 Å². The molecule has 0 bridgehead atoms. The first kappa shape index (κ1) is 15.2. The van der Waals surface area contributed by atoms with Gasteiger partial charge in [-0.3, -0.25) is 0 Å². The third-order valence-corrected chi connectivity index (χ3v) is 3.67. The zero-order valence-electron chi connectivity index (χ0n) is 11.2. The third-order valence-electron chi connectivity index (χ3n) is 2.82. The fourth-order valence-corrected chi connectivity index (χ4v) is 2.68. The molecule has 5 heteroatoms. The van der Waals surface area contributed by atoms with Gasteiger partial charge in [0.05, 0.1) is 17.1 Å². The van der Waals surface area contributed by atoms with E-state index in [-0.39, 0.29) is 6.04 Å². The molecule has 0 aliphatic carbocycles. The summed E-state index contributed by atoms with van der Waals surface area (Å²) in [6, 6.07) is 10.7. The van der Waals surface area contributed by atoms with Gasteiger partial charge in [-0.1, -0.05) is 17.7 Å². The summed E-state index contributed by atoms with van der Waals surface area (Å²) in [6.45, 7) is 1.89. The van der Waals surface area contributed by atoms with Crippen LogP contribution in [0.2, 0.25) is 5.02 Å². The number of methoxy groups -OCH3 is 1.